The summed E-state index contributed by atoms with van der Waals surface area (Å²) in [4.78, 5) is 2.59. The Morgan fingerprint density at radius 3 is 2.33 bits per heavy atom. The molecule has 1 fully saturated rings. The molecule has 0 aliphatic heterocycles. The molecule has 1 rings (SSSR count). The summed E-state index contributed by atoms with van der Waals surface area (Å²) in [7, 11) is 2.32. The van der Waals surface area contributed by atoms with Crippen molar-refractivity contribution in [2.24, 2.45) is 11.3 Å². The van der Waals surface area contributed by atoms with Crippen molar-refractivity contribution in [2.75, 3.05) is 32.1 Å². The van der Waals surface area contributed by atoms with Crippen molar-refractivity contribution in [3.63, 3.8) is 0 Å². The minimum absolute atomic E-state index is 0.222. The summed E-state index contributed by atoms with van der Waals surface area (Å²) in [6.07, 6.45) is 7.78. The van der Waals surface area contributed by atoms with Crippen molar-refractivity contribution >= 4 is 11.8 Å². The maximum absolute atomic E-state index is 3.79. The number of hydrogen-bond acceptors (Lipinski definition) is 3. The Labute approximate surface area is 137 Å². The number of hydrogen-bond donors (Lipinski definition) is 1. The zero-order valence-corrected chi connectivity index (χ0v) is 16.3. The van der Waals surface area contributed by atoms with Crippen LogP contribution in [0.5, 0.6) is 0 Å². The van der Waals surface area contributed by atoms with Gasteiger partial charge in [0.15, 0.2) is 0 Å². The molecule has 0 heterocycles. The van der Waals surface area contributed by atoms with Crippen LogP contribution in [0, 0.1) is 11.3 Å². The summed E-state index contributed by atoms with van der Waals surface area (Å²) in [6.45, 7) is 14.0. The monoisotopic (exact) mass is 314 g/mol. The molecular formula is C18H38N2S. The average molecular weight is 315 g/mol. The van der Waals surface area contributed by atoms with Crippen molar-refractivity contribution < 1.29 is 0 Å². The fraction of sp³-hybridized carbons (Fsp3) is 1.00. The zero-order chi connectivity index (χ0) is 16.1. The van der Waals surface area contributed by atoms with Crippen LogP contribution in [0.15, 0.2) is 0 Å². The highest BCUT2D eigenvalue weighted by atomic mass is 32.2. The molecule has 3 heteroatoms. The summed E-state index contributed by atoms with van der Waals surface area (Å²) in [5.41, 5.74) is 0.695. The number of thioether (sulfide) groups is 1. The molecule has 0 amide bonds. The van der Waals surface area contributed by atoms with Gasteiger partial charge in [0.05, 0.1) is 0 Å². The Hall–Kier alpha value is 0.270. The third kappa shape index (κ3) is 6.92. The first-order chi connectivity index (χ1) is 9.67. The van der Waals surface area contributed by atoms with Crippen LogP contribution in [0.2, 0.25) is 0 Å². The van der Waals surface area contributed by atoms with E-state index in [4.69, 9.17) is 0 Å². The van der Waals surface area contributed by atoms with Gasteiger partial charge in [-0.25, -0.2) is 0 Å². The van der Waals surface area contributed by atoms with Crippen molar-refractivity contribution in [1.29, 1.82) is 0 Å². The van der Waals surface area contributed by atoms with E-state index in [1.54, 1.807) is 0 Å². The van der Waals surface area contributed by atoms with Crippen LogP contribution in [-0.2, 0) is 0 Å². The molecule has 0 aromatic heterocycles. The van der Waals surface area contributed by atoms with E-state index in [0.717, 1.165) is 5.92 Å². The van der Waals surface area contributed by atoms with Gasteiger partial charge in [-0.15, -0.1) is 0 Å². The van der Waals surface area contributed by atoms with Gasteiger partial charge in [0.25, 0.3) is 0 Å². The Morgan fingerprint density at radius 2 is 1.86 bits per heavy atom. The standard InChI is InChI=1S/C18H38N2S/c1-15-8-10-18(11-9-15,13-19-17(3,4)5)14-20(6)16(2)12-21-7/h15-16,19H,8-14H2,1-7H3. The van der Waals surface area contributed by atoms with Gasteiger partial charge in [-0.3, -0.25) is 0 Å². The zero-order valence-electron chi connectivity index (χ0n) is 15.5. The van der Waals surface area contributed by atoms with Crippen molar-refractivity contribution in [1.82, 2.24) is 10.2 Å². The van der Waals surface area contributed by atoms with Crippen LogP contribution >= 0.6 is 11.8 Å². The van der Waals surface area contributed by atoms with Gasteiger partial charge in [-0.1, -0.05) is 19.8 Å². The molecule has 1 saturated carbocycles. The minimum atomic E-state index is 0.222. The first kappa shape index (κ1) is 19.3. The van der Waals surface area contributed by atoms with E-state index in [1.807, 2.05) is 11.8 Å². The molecule has 21 heavy (non-hydrogen) atoms. The van der Waals surface area contributed by atoms with E-state index in [-0.39, 0.29) is 5.54 Å². The van der Waals surface area contributed by atoms with Crippen LogP contribution in [0.3, 0.4) is 0 Å². The lowest BCUT2D eigenvalue weighted by atomic mass is 9.70. The van der Waals surface area contributed by atoms with E-state index in [1.165, 1.54) is 44.5 Å². The minimum Gasteiger partial charge on any atom is -0.311 e. The molecule has 0 radical (unpaired) electrons. The SMILES string of the molecule is CSCC(C)N(C)CC1(CNC(C)(C)C)CCC(C)CC1. The summed E-state index contributed by atoms with van der Waals surface area (Å²) in [5.74, 6) is 2.15. The molecule has 0 aromatic rings. The molecule has 126 valence electrons. The molecule has 1 aliphatic rings. The highest BCUT2D eigenvalue weighted by Crippen LogP contribution is 2.39. The lowest BCUT2D eigenvalue weighted by Gasteiger charge is -2.44. The normalized spacial score (nSPS) is 28.9. The Morgan fingerprint density at radius 1 is 1.29 bits per heavy atom. The van der Waals surface area contributed by atoms with Gasteiger partial charge in [-0.05, 0) is 65.2 Å². The summed E-state index contributed by atoms with van der Waals surface area (Å²) in [6, 6.07) is 0.672. The van der Waals surface area contributed by atoms with E-state index >= 15 is 0 Å². The Bertz CT molecular complexity index is 290. The first-order valence-corrected chi connectivity index (χ1v) is 10.0. The second kappa shape index (κ2) is 8.21. The molecule has 0 spiro atoms. The predicted octanol–water partition coefficient (Wildman–Crippen LogP) is 4.25. The average Bonchev–Trinajstić information content (AvgIpc) is 2.39. The number of nitrogens with one attached hydrogen (secondary N) is 1. The molecule has 0 saturated heterocycles. The van der Waals surface area contributed by atoms with Gasteiger partial charge in [0, 0.05) is 30.4 Å². The van der Waals surface area contributed by atoms with Gasteiger partial charge < -0.3 is 10.2 Å². The highest BCUT2D eigenvalue weighted by molar-refractivity contribution is 7.98. The number of nitrogens with zero attached hydrogens (tertiary/aromatic N) is 1. The lowest BCUT2D eigenvalue weighted by Crippen LogP contribution is -2.51. The molecule has 1 unspecified atom stereocenters. The third-order valence-electron chi connectivity index (χ3n) is 5.07. The van der Waals surface area contributed by atoms with Gasteiger partial charge in [0.2, 0.25) is 0 Å². The molecule has 1 atom stereocenters. The first-order valence-electron chi connectivity index (χ1n) is 8.62. The van der Waals surface area contributed by atoms with Crippen LogP contribution in [0.25, 0.3) is 0 Å². The Kier molecular flexibility index (Phi) is 7.56. The largest absolute Gasteiger partial charge is 0.311 e. The maximum Gasteiger partial charge on any atom is 0.0155 e. The van der Waals surface area contributed by atoms with E-state index < -0.39 is 0 Å². The fourth-order valence-corrected chi connectivity index (χ4v) is 4.01. The van der Waals surface area contributed by atoms with Crippen LogP contribution in [-0.4, -0.2) is 48.6 Å². The lowest BCUT2D eigenvalue weighted by molar-refractivity contribution is 0.0800. The maximum atomic E-state index is 3.79. The van der Waals surface area contributed by atoms with E-state index in [0.29, 0.717) is 11.5 Å². The third-order valence-corrected chi connectivity index (χ3v) is 5.89. The number of rotatable bonds is 7. The molecular weight excluding hydrogens is 276 g/mol. The summed E-state index contributed by atoms with van der Waals surface area (Å²) < 4.78 is 0. The van der Waals surface area contributed by atoms with Crippen molar-refractivity contribution in [2.45, 2.75) is 71.9 Å². The van der Waals surface area contributed by atoms with Gasteiger partial charge in [-0.2, -0.15) is 11.8 Å². The summed E-state index contributed by atoms with van der Waals surface area (Å²) >= 11 is 1.96. The van der Waals surface area contributed by atoms with Gasteiger partial charge >= 0.3 is 0 Å². The molecule has 1 N–H and O–H groups in total. The smallest absolute Gasteiger partial charge is 0.0155 e. The second-order valence-corrected chi connectivity index (χ2v) is 9.42. The molecule has 0 aromatic carbocycles. The van der Waals surface area contributed by atoms with Gasteiger partial charge in [0.1, 0.15) is 0 Å². The van der Waals surface area contributed by atoms with E-state index in [9.17, 15) is 0 Å². The van der Waals surface area contributed by atoms with Crippen molar-refractivity contribution in [3.05, 3.63) is 0 Å². The predicted molar refractivity (Wildman–Crippen MR) is 98.3 cm³/mol. The quantitative estimate of drug-likeness (QED) is 0.756. The van der Waals surface area contributed by atoms with Crippen LogP contribution in [0.1, 0.15) is 60.3 Å². The Balaban J connectivity index is 2.68. The fourth-order valence-electron chi connectivity index (χ4n) is 3.27. The molecule has 1 aliphatic carbocycles. The summed E-state index contributed by atoms with van der Waals surface area (Å²) in [5, 5.41) is 3.79. The second-order valence-electron chi connectivity index (χ2n) is 8.51. The molecule has 2 nitrogen and oxygen atoms in total. The molecule has 0 bridgehead atoms. The van der Waals surface area contributed by atoms with Crippen molar-refractivity contribution in [3.8, 4) is 0 Å². The van der Waals surface area contributed by atoms with Crippen LogP contribution < -0.4 is 5.32 Å². The van der Waals surface area contributed by atoms with Crippen LogP contribution in [0.4, 0.5) is 0 Å². The van der Waals surface area contributed by atoms with E-state index in [2.05, 4.69) is 58.1 Å². The topological polar surface area (TPSA) is 15.3 Å². The highest BCUT2D eigenvalue weighted by Gasteiger charge is 2.36.